The second kappa shape index (κ2) is 37.7. The van der Waals surface area contributed by atoms with Crippen molar-refractivity contribution >= 4 is 53.2 Å². The third-order valence-corrected chi connectivity index (χ3v) is 13.5. The van der Waals surface area contributed by atoms with Crippen LogP contribution >= 0.6 is 0 Å². The molecule has 8 amide bonds. The van der Waals surface area contributed by atoms with Crippen molar-refractivity contribution in [3.8, 4) is 0 Å². The van der Waals surface area contributed by atoms with Gasteiger partial charge in [0.15, 0.2) is 5.96 Å². The molecule has 0 spiro atoms. The number of nitrogens with one attached hydrogen (secondary N) is 6. The van der Waals surface area contributed by atoms with Gasteiger partial charge in [0.05, 0.1) is 0 Å². The van der Waals surface area contributed by atoms with Crippen molar-refractivity contribution < 1.29 is 38.4 Å². The zero-order chi connectivity index (χ0) is 55.8. The minimum Gasteiger partial charge on any atom is -0.370 e. The molecular weight excluding hydrogens is 943 g/mol. The molecule has 19 heteroatoms. The predicted molar refractivity (Wildman–Crippen MR) is 294 cm³/mol. The van der Waals surface area contributed by atoms with Gasteiger partial charge in [-0.1, -0.05) is 152 Å². The summed E-state index contributed by atoms with van der Waals surface area (Å²) in [5.74, 6) is -4.83. The van der Waals surface area contributed by atoms with Gasteiger partial charge in [0.25, 0.3) is 0 Å². The van der Waals surface area contributed by atoms with E-state index in [-0.39, 0.29) is 55.6 Å². The lowest BCUT2D eigenvalue weighted by Crippen LogP contribution is -2.60. The van der Waals surface area contributed by atoms with Crippen LogP contribution in [0, 0.1) is 23.7 Å². The van der Waals surface area contributed by atoms with Crippen LogP contribution in [0.5, 0.6) is 0 Å². The van der Waals surface area contributed by atoms with Gasteiger partial charge in [-0.05, 0) is 82.0 Å². The molecule has 0 saturated carbocycles. The van der Waals surface area contributed by atoms with E-state index in [0.29, 0.717) is 38.5 Å². The standard InChI is InChI=1S/C55H103N11O8/c1-11-12-13-14-15-16-17-18-19-20-21-22-23-24-25-30-46(67)61-43(34-37(4)5)51(71)65-47(39(8)9)53(73)62-41(28-26-31-59-55(57)58)54(74)66-32-27-29-45(66)52(72)64-44(35-38(6)7)50(70)60-40(10)49(69)63-42(48(56)68)33-36(2)3/h36-45,47H,11-35H2,1-10H3,(H2,56,68)(H,60,70)(H,61,67)(H,62,73)(H,63,69)(H,64,72)(H,65,71)(H4,57,58,59)/t40-,41-,42-,43-,44-,45-,47-/m0/s1. The summed E-state index contributed by atoms with van der Waals surface area (Å²) >= 11 is 0. The van der Waals surface area contributed by atoms with Gasteiger partial charge in [-0.3, -0.25) is 43.3 Å². The van der Waals surface area contributed by atoms with Gasteiger partial charge in [0, 0.05) is 19.5 Å². The molecule has 0 aromatic rings. The lowest BCUT2D eigenvalue weighted by atomic mass is 9.99. The molecule has 0 bridgehead atoms. The summed E-state index contributed by atoms with van der Waals surface area (Å²) < 4.78 is 0. The number of aliphatic imine (C=N–C) groups is 1. The number of primary amides is 1. The maximum atomic E-state index is 14.5. The van der Waals surface area contributed by atoms with Gasteiger partial charge < -0.3 is 54.0 Å². The Morgan fingerprint density at radius 2 is 1.00 bits per heavy atom. The van der Waals surface area contributed by atoms with Crippen molar-refractivity contribution in [2.24, 2.45) is 45.9 Å². The number of hydrogen-bond donors (Lipinski definition) is 9. The number of amides is 8. The number of likely N-dealkylation sites (tertiary alicyclic amines) is 1. The van der Waals surface area contributed by atoms with Crippen molar-refractivity contribution in [3.63, 3.8) is 0 Å². The number of guanidine groups is 1. The fourth-order valence-electron chi connectivity index (χ4n) is 9.31. The fourth-order valence-corrected chi connectivity index (χ4v) is 9.31. The van der Waals surface area contributed by atoms with Crippen LogP contribution in [0.3, 0.4) is 0 Å². The van der Waals surface area contributed by atoms with E-state index >= 15 is 0 Å². The largest absolute Gasteiger partial charge is 0.370 e. The molecule has 1 saturated heterocycles. The summed E-state index contributed by atoms with van der Waals surface area (Å²) in [5.41, 5.74) is 16.6. The van der Waals surface area contributed by atoms with Crippen LogP contribution in [-0.2, 0) is 38.4 Å². The van der Waals surface area contributed by atoms with E-state index in [9.17, 15) is 38.4 Å². The molecule has 7 atom stereocenters. The van der Waals surface area contributed by atoms with Crippen molar-refractivity contribution in [3.05, 3.63) is 0 Å². The molecule has 1 aliphatic rings. The number of hydrogen-bond acceptors (Lipinski definition) is 9. The van der Waals surface area contributed by atoms with E-state index in [4.69, 9.17) is 17.2 Å². The van der Waals surface area contributed by atoms with E-state index in [1.54, 1.807) is 13.8 Å². The van der Waals surface area contributed by atoms with Gasteiger partial charge in [0.1, 0.15) is 42.3 Å². The molecule has 74 heavy (non-hydrogen) atoms. The highest BCUT2D eigenvalue weighted by Gasteiger charge is 2.40. The molecule has 1 aliphatic heterocycles. The minimum absolute atomic E-state index is 0.0541. The Morgan fingerprint density at radius 1 is 0.527 bits per heavy atom. The van der Waals surface area contributed by atoms with Gasteiger partial charge >= 0.3 is 0 Å². The van der Waals surface area contributed by atoms with E-state index in [1.165, 1.54) is 82.5 Å². The first-order valence-electron chi connectivity index (χ1n) is 28.4. The van der Waals surface area contributed by atoms with Crippen LogP contribution in [0.15, 0.2) is 4.99 Å². The summed E-state index contributed by atoms with van der Waals surface area (Å²) in [5, 5.41) is 16.7. The SMILES string of the molecule is CCCCCCCCCCCCCCCCCC(=O)N[C@@H](CC(C)C)C(=O)N[C@H](C(=O)N[C@@H](CCCN=C(N)N)C(=O)N1CCC[C@H]1C(=O)N[C@@H](CC(C)C)C(=O)N[C@@H](C)C(=O)N[C@@H](CC(C)C)C(N)=O)C(C)C. The topological polar surface area (TPSA) is 302 Å². The summed E-state index contributed by atoms with van der Waals surface area (Å²) in [6, 6.07) is -7.13. The van der Waals surface area contributed by atoms with Crippen LogP contribution in [0.4, 0.5) is 0 Å². The Bertz CT molecular complexity index is 1740. The molecule has 12 N–H and O–H groups in total. The Hall–Kier alpha value is -4.97. The third kappa shape index (κ3) is 28.6. The van der Waals surface area contributed by atoms with Crippen LogP contribution in [0.25, 0.3) is 0 Å². The van der Waals surface area contributed by atoms with E-state index < -0.39 is 89.6 Å². The number of nitrogens with two attached hydrogens (primary N) is 3. The van der Waals surface area contributed by atoms with Crippen molar-refractivity contribution in [1.82, 2.24) is 36.8 Å². The van der Waals surface area contributed by atoms with Crippen LogP contribution in [-0.4, -0.2) is 113 Å². The third-order valence-electron chi connectivity index (χ3n) is 13.5. The molecule has 426 valence electrons. The molecule has 0 aliphatic carbocycles. The highest BCUT2D eigenvalue weighted by atomic mass is 16.2. The lowest BCUT2D eigenvalue weighted by molar-refractivity contribution is -0.143. The fraction of sp³-hybridized carbons (Fsp3) is 0.836. The molecular formula is C55H103N11O8. The average molecular weight is 1050 g/mol. The Balaban J connectivity index is 3.04. The molecule has 1 rings (SSSR count). The van der Waals surface area contributed by atoms with Crippen LogP contribution < -0.4 is 49.1 Å². The van der Waals surface area contributed by atoms with Crippen molar-refractivity contribution in [2.45, 2.75) is 259 Å². The number of carbonyl (C=O) groups excluding carboxylic acids is 8. The molecule has 1 heterocycles. The first kappa shape index (κ1) is 67.0. The molecule has 0 aromatic heterocycles. The summed E-state index contributed by atoms with van der Waals surface area (Å²) in [7, 11) is 0. The highest BCUT2D eigenvalue weighted by molar-refractivity contribution is 5.97. The highest BCUT2D eigenvalue weighted by Crippen LogP contribution is 2.22. The summed E-state index contributed by atoms with van der Waals surface area (Å²) in [4.78, 5) is 114. The molecule has 0 aromatic carbocycles. The van der Waals surface area contributed by atoms with E-state index in [0.717, 1.165) is 25.7 Å². The molecule has 1 fully saturated rings. The quantitative estimate of drug-likeness (QED) is 0.0211. The Morgan fingerprint density at radius 3 is 1.49 bits per heavy atom. The number of unbranched alkanes of at least 4 members (excludes halogenated alkanes) is 14. The predicted octanol–water partition coefficient (Wildman–Crippen LogP) is 5.50. The van der Waals surface area contributed by atoms with E-state index in [2.05, 4.69) is 43.8 Å². The van der Waals surface area contributed by atoms with E-state index in [1.807, 2.05) is 41.5 Å². The molecule has 19 nitrogen and oxygen atoms in total. The maximum absolute atomic E-state index is 14.5. The van der Waals surface area contributed by atoms with Gasteiger partial charge in [0.2, 0.25) is 47.3 Å². The molecule has 0 unspecified atom stereocenters. The Kier molecular flexibility index (Phi) is 34.2. The number of nitrogens with zero attached hydrogens (tertiary/aromatic N) is 2. The second-order valence-electron chi connectivity index (χ2n) is 22.4. The van der Waals surface area contributed by atoms with Crippen molar-refractivity contribution in [1.29, 1.82) is 0 Å². The summed E-state index contributed by atoms with van der Waals surface area (Å²) in [6.07, 6.45) is 20.7. The van der Waals surface area contributed by atoms with Crippen molar-refractivity contribution in [2.75, 3.05) is 13.1 Å². The monoisotopic (exact) mass is 1050 g/mol. The first-order valence-corrected chi connectivity index (χ1v) is 28.4. The van der Waals surface area contributed by atoms with Crippen LogP contribution in [0.1, 0.15) is 217 Å². The summed E-state index contributed by atoms with van der Waals surface area (Å²) in [6.45, 7) is 19.1. The first-order chi connectivity index (χ1) is 35.0. The average Bonchev–Trinajstić information content (AvgIpc) is 3.81. The number of carbonyl (C=O) groups is 8. The van der Waals surface area contributed by atoms with Gasteiger partial charge in [-0.15, -0.1) is 0 Å². The second-order valence-corrected chi connectivity index (χ2v) is 22.4. The Labute approximate surface area is 445 Å². The normalized spacial score (nSPS) is 16.0. The molecule has 0 radical (unpaired) electrons. The lowest BCUT2D eigenvalue weighted by Gasteiger charge is -2.32. The van der Waals surface area contributed by atoms with Gasteiger partial charge in [-0.25, -0.2) is 0 Å². The number of rotatable bonds is 40. The zero-order valence-corrected chi connectivity index (χ0v) is 47.4. The zero-order valence-electron chi connectivity index (χ0n) is 47.4. The van der Waals surface area contributed by atoms with Gasteiger partial charge in [-0.2, -0.15) is 0 Å². The smallest absolute Gasteiger partial charge is 0.245 e. The minimum atomic E-state index is -1.14. The van der Waals surface area contributed by atoms with Crippen LogP contribution in [0.2, 0.25) is 0 Å². The maximum Gasteiger partial charge on any atom is 0.245 e.